The van der Waals surface area contributed by atoms with E-state index in [1.807, 2.05) is 0 Å². The van der Waals surface area contributed by atoms with Crippen molar-refractivity contribution >= 4 is 5.97 Å². The molecule has 0 saturated heterocycles. The van der Waals surface area contributed by atoms with E-state index in [1.54, 1.807) is 4.68 Å². The van der Waals surface area contributed by atoms with Crippen molar-refractivity contribution < 1.29 is 9.90 Å². The van der Waals surface area contributed by atoms with Gasteiger partial charge in [-0.3, -0.25) is 4.79 Å². The maximum absolute atomic E-state index is 11.0. The van der Waals surface area contributed by atoms with Crippen LogP contribution in [-0.2, 0) is 11.3 Å². The summed E-state index contributed by atoms with van der Waals surface area (Å²) in [5, 5.41) is 20.1. The number of carboxylic acid groups (broad SMARTS) is 1. The summed E-state index contributed by atoms with van der Waals surface area (Å²) >= 11 is 0. The lowest BCUT2D eigenvalue weighted by Gasteiger charge is -2.10. The molecule has 0 amide bonds. The summed E-state index contributed by atoms with van der Waals surface area (Å²) in [6.07, 6.45) is 1.55. The summed E-state index contributed by atoms with van der Waals surface area (Å²) < 4.78 is 1.60. The number of hydrogen-bond donors (Lipinski definition) is 1. The molecule has 2 rings (SSSR count). The highest BCUT2D eigenvalue weighted by molar-refractivity contribution is 5.74. The van der Waals surface area contributed by atoms with Crippen LogP contribution in [-0.4, -0.2) is 31.3 Å². The third kappa shape index (κ3) is 1.47. The third-order valence-electron chi connectivity index (χ3n) is 2.64. The van der Waals surface area contributed by atoms with Crippen LogP contribution < -0.4 is 0 Å². The standard InChI is InChI=1S/C8H12N4O2/c1-5-2-3-12-7(9-10-11-12)6(4-5)8(13)14/h5-6H,2-4H2,1H3,(H,13,14). The highest BCUT2D eigenvalue weighted by Crippen LogP contribution is 2.27. The van der Waals surface area contributed by atoms with Crippen LogP contribution in [0.1, 0.15) is 31.5 Å². The van der Waals surface area contributed by atoms with Gasteiger partial charge >= 0.3 is 5.97 Å². The Balaban J connectivity index is 2.35. The van der Waals surface area contributed by atoms with Crippen molar-refractivity contribution in [3.8, 4) is 0 Å². The summed E-state index contributed by atoms with van der Waals surface area (Å²) in [5.74, 6) is -0.515. The largest absolute Gasteiger partial charge is 0.481 e. The minimum Gasteiger partial charge on any atom is -0.481 e. The Kier molecular flexibility index (Phi) is 2.18. The molecule has 0 spiro atoms. The fourth-order valence-corrected chi connectivity index (χ4v) is 1.80. The van der Waals surface area contributed by atoms with Gasteiger partial charge in [-0.1, -0.05) is 6.92 Å². The molecule has 1 aliphatic heterocycles. The Hall–Kier alpha value is -1.46. The molecule has 6 heteroatoms. The van der Waals surface area contributed by atoms with E-state index in [-0.39, 0.29) is 0 Å². The van der Waals surface area contributed by atoms with E-state index in [1.165, 1.54) is 0 Å². The normalized spacial score (nSPS) is 26.6. The predicted molar refractivity (Wildman–Crippen MR) is 46.6 cm³/mol. The summed E-state index contributed by atoms with van der Waals surface area (Å²) in [6.45, 7) is 2.77. The molecular formula is C8H12N4O2. The maximum atomic E-state index is 11.0. The Morgan fingerprint density at radius 3 is 3.14 bits per heavy atom. The highest BCUT2D eigenvalue weighted by Gasteiger charge is 2.30. The number of aromatic nitrogens is 4. The van der Waals surface area contributed by atoms with Gasteiger partial charge in [-0.15, -0.1) is 5.10 Å². The van der Waals surface area contributed by atoms with Crippen molar-refractivity contribution in [2.24, 2.45) is 5.92 Å². The number of tetrazole rings is 1. The number of hydrogen-bond acceptors (Lipinski definition) is 4. The molecule has 6 nitrogen and oxygen atoms in total. The van der Waals surface area contributed by atoms with E-state index in [2.05, 4.69) is 22.4 Å². The van der Waals surface area contributed by atoms with Crippen LogP contribution in [0.25, 0.3) is 0 Å². The minimum atomic E-state index is -0.838. The summed E-state index contributed by atoms with van der Waals surface area (Å²) in [6, 6.07) is 0. The average molecular weight is 196 g/mol. The Labute approximate surface area is 80.9 Å². The van der Waals surface area contributed by atoms with Crippen molar-refractivity contribution in [2.45, 2.75) is 32.2 Å². The molecule has 0 fully saturated rings. The first-order valence-corrected chi connectivity index (χ1v) is 4.67. The topological polar surface area (TPSA) is 80.9 Å². The van der Waals surface area contributed by atoms with E-state index < -0.39 is 11.9 Å². The van der Waals surface area contributed by atoms with Gasteiger partial charge in [0.1, 0.15) is 5.92 Å². The lowest BCUT2D eigenvalue weighted by molar-refractivity contribution is -0.139. The van der Waals surface area contributed by atoms with E-state index in [9.17, 15) is 4.79 Å². The van der Waals surface area contributed by atoms with Crippen molar-refractivity contribution in [2.75, 3.05) is 0 Å². The molecule has 0 bridgehead atoms. The molecule has 0 aliphatic carbocycles. The quantitative estimate of drug-likeness (QED) is 0.697. The maximum Gasteiger partial charge on any atom is 0.314 e. The number of carbonyl (C=O) groups is 1. The monoisotopic (exact) mass is 196 g/mol. The van der Waals surface area contributed by atoms with Crippen molar-refractivity contribution in [1.82, 2.24) is 20.2 Å². The predicted octanol–water partition coefficient (Wildman–Crippen LogP) is 0.271. The molecule has 2 atom stereocenters. The van der Waals surface area contributed by atoms with Gasteiger partial charge in [-0.25, -0.2) is 4.68 Å². The molecular weight excluding hydrogens is 184 g/mol. The molecule has 76 valence electrons. The molecule has 2 unspecified atom stereocenters. The molecule has 1 aromatic rings. The van der Waals surface area contributed by atoms with Crippen LogP contribution in [0.2, 0.25) is 0 Å². The minimum absolute atomic E-state index is 0.389. The van der Waals surface area contributed by atoms with E-state index in [4.69, 9.17) is 5.11 Å². The Morgan fingerprint density at radius 1 is 1.64 bits per heavy atom. The third-order valence-corrected chi connectivity index (χ3v) is 2.64. The van der Waals surface area contributed by atoms with Crippen molar-refractivity contribution in [3.05, 3.63) is 5.82 Å². The van der Waals surface area contributed by atoms with Gasteiger partial charge < -0.3 is 5.11 Å². The molecule has 0 aromatic carbocycles. The summed E-state index contributed by atoms with van der Waals surface area (Å²) in [4.78, 5) is 11.0. The number of carboxylic acids is 1. The zero-order valence-electron chi connectivity index (χ0n) is 7.92. The fourth-order valence-electron chi connectivity index (χ4n) is 1.80. The molecule has 2 heterocycles. The number of aryl methyl sites for hydroxylation is 1. The van der Waals surface area contributed by atoms with Gasteiger partial charge in [-0.2, -0.15) is 0 Å². The van der Waals surface area contributed by atoms with Gasteiger partial charge in [0.2, 0.25) is 0 Å². The van der Waals surface area contributed by atoms with Crippen LogP contribution >= 0.6 is 0 Å². The number of rotatable bonds is 1. The highest BCUT2D eigenvalue weighted by atomic mass is 16.4. The van der Waals surface area contributed by atoms with Crippen LogP contribution in [0.5, 0.6) is 0 Å². The SMILES string of the molecule is CC1CCn2nnnc2C(C(=O)O)C1. The second-order valence-electron chi connectivity index (χ2n) is 3.78. The van der Waals surface area contributed by atoms with Crippen molar-refractivity contribution in [3.63, 3.8) is 0 Å². The molecule has 14 heavy (non-hydrogen) atoms. The van der Waals surface area contributed by atoms with Crippen LogP contribution in [0, 0.1) is 5.92 Å². The number of aliphatic carboxylic acids is 1. The summed E-state index contributed by atoms with van der Waals surface area (Å²) in [7, 11) is 0. The molecule has 1 N–H and O–H groups in total. The molecule has 0 radical (unpaired) electrons. The second-order valence-corrected chi connectivity index (χ2v) is 3.78. The van der Waals surface area contributed by atoms with E-state index in [0.717, 1.165) is 6.42 Å². The first-order valence-electron chi connectivity index (χ1n) is 4.67. The van der Waals surface area contributed by atoms with Gasteiger partial charge in [0.05, 0.1) is 0 Å². The number of nitrogens with zero attached hydrogens (tertiary/aromatic N) is 4. The second kappa shape index (κ2) is 3.36. The smallest absolute Gasteiger partial charge is 0.314 e. The van der Waals surface area contributed by atoms with Crippen molar-refractivity contribution in [1.29, 1.82) is 0 Å². The van der Waals surface area contributed by atoms with Crippen LogP contribution in [0.4, 0.5) is 0 Å². The van der Waals surface area contributed by atoms with E-state index >= 15 is 0 Å². The Morgan fingerprint density at radius 2 is 2.43 bits per heavy atom. The van der Waals surface area contributed by atoms with Gasteiger partial charge in [0.15, 0.2) is 5.82 Å². The first kappa shape index (κ1) is 9.11. The van der Waals surface area contributed by atoms with Gasteiger partial charge in [0, 0.05) is 6.54 Å². The average Bonchev–Trinajstić information content (AvgIpc) is 2.52. The molecule has 0 saturated carbocycles. The van der Waals surface area contributed by atoms with Gasteiger partial charge in [-0.05, 0) is 29.2 Å². The van der Waals surface area contributed by atoms with E-state index in [0.29, 0.717) is 24.7 Å². The molecule has 1 aromatic heterocycles. The lowest BCUT2D eigenvalue weighted by Crippen LogP contribution is -2.16. The van der Waals surface area contributed by atoms with Crippen LogP contribution in [0.3, 0.4) is 0 Å². The molecule has 1 aliphatic rings. The number of fused-ring (bicyclic) bond motifs is 1. The fraction of sp³-hybridized carbons (Fsp3) is 0.750. The Bertz CT molecular complexity index is 349. The van der Waals surface area contributed by atoms with Crippen LogP contribution in [0.15, 0.2) is 0 Å². The first-order chi connectivity index (χ1) is 6.68. The van der Waals surface area contributed by atoms with Gasteiger partial charge in [0.25, 0.3) is 0 Å². The lowest BCUT2D eigenvalue weighted by atomic mass is 9.95. The zero-order chi connectivity index (χ0) is 10.1. The summed E-state index contributed by atoms with van der Waals surface area (Å²) in [5.41, 5.74) is 0. The zero-order valence-corrected chi connectivity index (χ0v) is 7.92.